The maximum Gasteiger partial charge on any atom is 0.213 e. The fraction of sp³-hybridized carbons (Fsp3) is 0.0455. The van der Waals surface area contributed by atoms with Gasteiger partial charge in [0.2, 0.25) is 5.16 Å². The van der Waals surface area contributed by atoms with Gasteiger partial charge in [-0.05, 0) is 29.8 Å². The van der Waals surface area contributed by atoms with Crippen LogP contribution in [0.1, 0.15) is 5.56 Å². The molecular formula is C22H15ClN4S2. The van der Waals surface area contributed by atoms with Gasteiger partial charge in [0.1, 0.15) is 4.58 Å². The predicted molar refractivity (Wildman–Crippen MR) is 121 cm³/mol. The predicted octanol–water partition coefficient (Wildman–Crippen LogP) is 6.08. The average Bonchev–Trinajstić information content (AvgIpc) is 3.19. The number of nitrogens with zero attached hydrogens (tertiary/aromatic N) is 4. The monoisotopic (exact) mass is 434 g/mol. The quantitative estimate of drug-likeness (QED) is 0.390. The summed E-state index contributed by atoms with van der Waals surface area (Å²) in [4.78, 5) is 1.13. The second-order valence-corrected chi connectivity index (χ2v) is 9.34. The fourth-order valence-electron chi connectivity index (χ4n) is 3.02. The Bertz CT molecular complexity index is 1160. The van der Waals surface area contributed by atoms with Crippen molar-refractivity contribution in [1.29, 1.82) is 0 Å². The van der Waals surface area contributed by atoms with E-state index >= 15 is 0 Å². The highest BCUT2D eigenvalue weighted by atomic mass is 35.5. The van der Waals surface area contributed by atoms with Gasteiger partial charge in [-0.1, -0.05) is 84.0 Å². The van der Waals surface area contributed by atoms with Gasteiger partial charge in [0.05, 0.1) is 5.71 Å². The molecule has 0 radical (unpaired) electrons. The number of halogens is 1. The van der Waals surface area contributed by atoms with E-state index in [1.165, 1.54) is 0 Å². The van der Waals surface area contributed by atoms with Crippen LogP contribution in [0.15, 0.2) is 100 Å². The van der Waals surface area contributed by atoms with Crippen molar-refractivity contribution in [1.82, 2.24) is 14.9 Å². The number of hydrogen-bond acceptors (Lipinski definition) is 5. The maximum absolute atomic E-state index is 6.05. The van der Waals surface area contributed by atoms with Crippen LogP contribution in [0.2, 0.25) is 5.02 Å². The minimum atomic E-state index is 0.0545. The van der Waals surface area contributed by atoms with Gasteiger partial charge in [0, 0.05) is 15.5 Å². The lowest BCUT2D eigenvalue weighted by Crippen LogP contribution is -2.22. The van der Waals surface area contributed by atoms with E-state index in [1.807, 2.05) is 77.5 Å². The molecule has 142 valence electrons. The van der Waals surface area contributed by atoms with Gasteiger partial charge in [-0.2, -0.15) is 9.78 Å². The average molecular weight is 435 g/mol. The van der Waals surface area contributed by atoms with Crippen LogP contribution in [0.3, 0.4) is 0 Å². The van der Waals surface area contributed by atoms with Gasteiger partial charge >= 0.3 is 0 Å². The van der Waals surface area contributed by atoms with Crippen molar-refractivity contribution in [3.8, 4) is 11.4 Å². The molecule has 0 saturated heterocycles. The van der Waals surface area contributed by atoms with Crippen LogP contribution in [0.4, 0.5) is 0 Å². The summed E-state index contributed by atoms with van der Waals surface area (Å²) in [6.45, 7) is 0. The van der Waals surface area contributed by atoms with Crippen LogP contribution in [0.5, 0.6) is 0 Å². The lowest BCUT2D eigenvalue weighted by atomic mass is 10.1. The van der Waals surface area contributed by atoms with Crippen molar-refractivity contribution < 1.29 is 0 Å². The Balaban J connectivity index is 1.58. The van der Waals surface area contributed by atoms with Crippen molar-refractivity contribution in [3.05, 3.63) is 95.5 Å². The Morgan fingerprint density at radius 3 is 2.14 bits per heavy atom. The molecule has 29 heavy (non-hydrogen) atoms. The topological polar surface area (TPSA) is 43.1 Å². The highest BCUT2D eigenvalue weighted by Crippen LogP contribution is 2.41. The van der Waals surface area contributed by atoms with Gasteiger partial charge < -0.3 is 0 Å². The van der Waals surface area contributed by atoms with E-state index < -0.39 is 0 Å². The lowest BCUT2D eigenvalue weighted by Gasteiger charge is -2.23. The second kappa shape index (κ2) is 8.06. The minimum Gasteiger partial charge on any atom is -0.186 e. The molecule has 1 unspecified atom stereocenters. The molecule has 4 aromatic rings. The van der Waals surface area contributed by atoms with Crippen LogP contribution in [0.25, 0.3) is 11.4 Å². The molecule has 0 aliphatic carbocycles. The Kier molecular flexibility index (Phi) is 5.14. The standard InChI is InChI=1S/C22H15ClN4S2/c23-17-11-13-18(14-12-17)28-21-19(15-7-3-1-4-8-15)26-27-20(24-25-22(27)29-21)16-9-5-2-6-10-16/h1-14,21H. The van der Waals surface area contributed by atoms with E-state index in [1.54, 1.807) is 23.5 Å². The number of thioether (sulfide) groups is 2. The molecule has 3 aromatic carbocycles. The zero-order valence-electron chi connectivity index (χ0n) is 15.1. The SMILES string of the molecule is Clc1ccc(SC2Sc3nnc(-c4ccccc4)n3N=C2c2ccccc2)cc1. The summed E-state index contributed by atoms with van der Waals surface area (Å²) in [5.41, 5.74) is 3.07. The third-order valence-corrected chi connectivity index (χ3v) is 7.13. The van der Waals surface area contributed by atoms with Crippen LogP contribution >= 0.6 is 35.1 Å². The third kappa shape index (κ3) is 3.83. The fourth-order valence-corrected chi connectivity index (χ4v) is 5.57. The zero-order valence-corrected chi connectivity index (χ0v) is 17.5. The number of aromatic nitrogens is 3. The molecule has 0 bridgehead atoms. The Morgan fingerprint density at radius 2 is 1.45 bits per heavy atom. The number of benzene rings is 3. The summed E-state index contributed by atoms with van der Waals surface area (Å²) in [5.74, 6) is 0.747. The van der Waals surface area contributed by atoms with E-state index in [2.05, 4.69) is 22.3 Å². The highest BCUT2D eigenvalue weighted by Gasteiger charge is 2.30. The summed E-state index contributed by atoms with van der Waals surface area (Å²) >= 11 is 9.45. The molecule has 1 atom stereocenters. The Morgan fingerprint density at radius 1 is 0.793 bits per heavy atom. The van der Waals surface area contributed by atoms with Gasteiger partial charge in [0.15, 0.2) is 5.82 Å². The van der Waals surface area contributed by atoms with Crippen molar-refractivity contribution in [2.75, 3.05) is 0 Å². The molecule has 5 rings (SSSR count). The first kappa shape index (κ1) is 18.5. The second-order valence-electron chi connectivity index (χ2n) is 6.36. The molecule has 1 aliphatic rings. The Hall–Kier alpha value is -2.54. The summed E-state index contributed by atoms with van der Waals surface area (Å²) < 4.78 is 1.90. The molecule has 7 heteroatoms. The summed E-state index contributed by atoms with van der Waals surface area (Å²) in [6.07, 6.45) is 0. The molecule has 0 N–H and O–H groups in total. The highest BCUT2D eigenvalue weighted by molar-refractivity contribution is 8.18. The number of rotatable bonds is 4. The van der Waals surface area contributed by atoms with E-state index in [9.17, 15) is 0 Å². The molecule has 0 fully saturated rings. The normalized spacial score (nSPS) is 15.6. The minimum absolute atomic E-state index is 0.0545. The van der Waals surface area contributed by atoms with Crippen molar-refractivity contribution in [2.45, 2.75) is 14.6 Å². The van der Waals surface area contributed by atoms with E-state index in [4.69, 9.17) is 16.7 Å². The van der Waals surface area contributed by atoms with E-state index in [-0.39, 0.29) is 4.58 Å². The zero-order chi connectivity index (χ0) is 19.6. The smallest absolute Gasteiger partial charge is 0.186 e. The molecule has 1 aliphatic heterocycles. The molecule has 4 nitrogen and oxygen atoms in total. The van der Waals surface area contributed by atoms with Gasteiger partial charge in [-0.25, -0.2) is 0 Å². The summed E-state index contributed by atoms with van der Waals surface area (Å²) in [6, 6.07) is 28.2. The number of fused-ring (bicyclic) bond motifs is 1. The first-order valence-corrected chi connectivity index (χ1v) is 11.2. The molecular weight excluding hydrogens is 420 g/mol. The maximum atomic E-state index is 6.05. The first-order valence-electron chi connectivity index (χ1n) is 9.02. The molecule has 2 heterocycles. The molecule has 1 aromatic heterocycles. The Labute approximate surface area is 182 Å². The van der Waals surface area contributed by atoms with Crippen LogP contribution < -0.4 is 0 Å². The first-order chi connectivity index (χ1) is 14.3. The number of hydrogen-bond donors (Lipinski definition) is 0. The molecule has 0 spiro atoms. The summed E-state index contributed by atoms with van der Waals surface area (Å²) in [5, 5.41) is 15.3. The van der Waals surface area contributed by atoms with Crippen molar-refractivity contribution in [2.24, 2.45) is 5.10 Å². The van der Waals surface area contributed by atoms with Gasteiger partial charge in [0.25, 0.3) is 0 Å². The molecule has 0 amide bonds. The van der Waals surface area contributed by atoms with E-state index in [0.29, 0.717) is 0 Å². The van der Waals surface area contributed by atoms with Crippen LogP contribution in [-0.2, 0) is 0 Å². The van der Waals surface area contributed by atoms with Gasteiger partial charge in [-0.3, -0.25) is 0 Å². The van der Waals surface area contributed by atoms with Crippen LogP contribution in [-0.4, -0.2) is 25.2 Å². The largest absolute Gasteiger partial charge is 0.213 e. The van der Waals surface area contributed by atoms with E-state index in [0.717, 1.165) is 37.7 Å². The van der Waals surface area contributed by atoms with Gasteiger partial charge in [-0.15, -0.1) is 22.0 Å². The van der Waals surface area contributed by atoms with Crippen molar-refractivity contribution >= 4 is 40.8 Å². The lowest BCUT2D eigenvalue weighted by molar-refractivity contribution is 0.760. The summed E-state index contributed by atoms with van der Waals surface area (Å²) in [7, 11) is 0. The van der Waals surface area contributed by atoms with Crippen molar-refractivity contribution in [3.63, 3.8) is 0 Å². The molecule has 0 saturated carbocycles. The van der Waals surface area contributed by atoms with Crippen LogP contribution in [0, 0.1) is 0 Å². The third-order valence-electron chi connectivity index (χ3n) is 4.41.